The van der Waals surface area contributed by atoms with E-state index in [-0.39, 0.29) is 0 Å². The van der Waals surface area contributed by atoms with Crippen LogP contribution in [-0.4, -0.2) is 35.6 Å². The first-order chi connectivity index (χ1) is 6.68. The van der Waals surface area contributed by atoms with Crippen LogP contribution < -0.4 is 5.32 Å². The second-order valence-electron chi connectivity index (χ2n) is 5.26. The van der Waals surface area contributed by atoms with Gasteiger partial charge in [-0.2, -0.15) is 0 Å². The first kappa shape index (κ1) is 10.4. The fraction of sp³-hybridized carbons (Fsp3) is 1.00. The highest BCUT2D eigenvalue weighted by Crippen LogP contribution is 2.25. The van der Waals surface area contributed by atoms with Gasteiger partial charge in [-0.15, -0.1) is 0 Å². The van der Waals surface area contributed by atoms with Crippen LogP contribution in [0.15, 0.2) is 0 Å². The number of nitrogens with one attached hydrogen (secondary N) is 1. The average molecular weight is 196 g/mol. The number of hydrogen-bond acceptors (Lipinski definition) is 2. The number of piperidine rings is 1. The lowest BCUT2D eigenvalue weighted by molar-refractivity contribution is 0.0918. The molecule has 2 unspecified atom stereocenters. The van der Waals surface area contributed by atoms with E-state index < -0.39 is 0 Å². The fourth-order valence-electron chi connectivity index (χ4n) is 2.67. The largest absolute Gasteiger partial charge is 0.310 e. The molecule has 2 aliphatic rings. The molecular weight excluding hydrogens is 172 g/mol. The van der Waals surface area contributed by atoms with Crippen molar-refractivity contribution in [1.29, 1.82) is 0 Å². The van der Waals surface area contributed by atoms with Gasteiger partial charge in [-0.25, -0.2) is 0 Å². The van der Waals surface area contributed by atoms with Crippen LogP contribution in [0.2, 0.25) is 0 Å². The van der Waals surface area contributed by atoms with Gasteiger partial charge in [0.1, 0.15) is 0 Å². The maximum absolute atomic E-state index is 3.79. The SMILES string of the molecule is CC(C)N1CCCC(NC2CC2)C1C. The lowest BCUT2D eigenvalue weighted by Crippen LogP contribution is -2.55. The van der Waals surface area contributed by atoms with E-state index in [1.165, 1.54) is 32.2 Å². The van der Waals surface area contributed by atoms with Crippen LogP contribution in [0.5, 0.6) is 0 Å². The van der Waals surface area contributed by atoms with Crippen LogP contribution in [0.4, 0.5) is 0 Å². The van der Waals surface area contributed by atoms with Gasteiger partial charge in [-0.3, -0.25) is 4.90 Å². The lowest BCUT2D eigenvalue weighted by Gasteiger charge is -2.42. The second-order valence-corrected chi connectivity index (χ2v) is 5.26. The molecule has 2 heteroatoms. The quantitative estimate of drug-likeness (QED) is 0.742. The van der Waals surface area contributed by atoms with Gasteiger partial charge in [0.25, 0.3) is 0 Å². The van der Waals surface area contributed by atoms with Crippen molar-refractivity contribution in [1.82, 2.24) is 10.2 Å². The van der Waals surface area contributed by atoms with Crippen molar-refractivity contribution in [3.63, 3.8) is 0 Å². The van der Waals surface area contributed by atoms with Gasteiger partial charge < -0.3 is 5.32 Å². The van der Waals surface area contributed by atoms with E-state index >= 15 is 0 Å². The molecule has 2 nitrogen and oxygen atoms in total. The summed E-state index contributed by atoms with van der Waals surface area (Å²) in [6.07, 6.45) is 5.56. The van der Waals surface area contributed by atoms with E-state index in [1.807, 2.05) is 0 Å². The van der Waals surface area contributed by atoms with Crippen molar-refractivity contribution in [2.45, 2.75) is 70.6 Å². The fourth-order valence-corrected chi connectivity index (χ4v) is 2.67. The van der Waals surface area contributed by atoms with Crippen molar-refractivity contribution in [2.75, 3.05) is 6.54 Å². The Hall–Kier alpha value is -0.0800. The molecule has 2 atom stereocenters. The normalized spacial score (nSPS) is 35.1. The Morgan fingerprint density at radius 2 is 1.93 bits per heavy atom. The van der Waals surface area contributed by atoms with Crippen LogP contribution >= 0.6 is 0 Å². The Morgan fingerprint density at radius 1 is 1.21 bits per heavy atom. The summed E-state index contributed by atoms with van der Waals surface area (Å²) in [6.45, 7) is 8.31. The molecule has 1 heterocycles. The van der Waals surface area contributed by atoms with Gasteiger partial charge >= 0.3 is 0 Å². The maximum atomic E-state index is 3.79. The standard InChI is InChI=1S/C12H24N2/c1-9(2)14-8-4-5-12(10(14)3)13-11-6-7-11/h9-13H,4-8H2,1-3H3. The number of rotatable bonds is 3. The average Bonchev–Trinajstić information content (AvgIpc) is 2.92. The molecule has 0 aromatic carbocycles. The van der Waals surface area contributed by atoms with Crippen LogP contribution in [0.3, 0.4) is 0 Å². The molecule has 0 bridgehead atoms. The van der Waals surface area contributed by atoms with Gasteiger partial charge in [0.05, 0.1) is 0 Å². The zero-order valence-corrected chi connectivity index (χ0v) is 9.79. The molecule has 2 fully saturated rings. The van der Waals surface area contributed by atoms with Gasteiger partial charge in [0, 0.05) is 24.2 Å². The Kier molecular flexibility index (Phi) is 3.13. The summed E-state index contributed by atoms with van der Waals surface area (Å²) >= 11 is 0. The number of likely N-dealkylation sites (tertiary alicyclic amines) is 1. The summed E-state index contributed by atoms with van der Waals surface area (Å²) in [6, 6.07) is 3.03. The third-order valence-electron chi connectivity index (χ3n) is 3.73. The first-order valence-electron chi connectivity index (χ1n) is 6.20. The van der Waals surface area contributed by atoms with E-state index in [4.69, 9.17) is 0 Å². The topological polar surface area (TPSA) is 15.3 Å². The molecule has 0 spiro atoms. The van der Waals surface area contributed by atoms with Gasteiger partial charge in [-0.05, 0) is 53.0 Å². The summed E-state index contributed by atoms with van der Waals surface area (Å²) in [5.74, 6) is 0. The predicted molar refractivity (Wildman–Crippen MR) is 60.5 cm³/mol. The minimum absolute atomic E-state index is 0.703. The first-order valence-corrected chi connectivity index (χ1v) is 6.20. The molecule has 82 valence electrons. The lowest BCUT2D eigenvalue weighted by atomic mass is 9.96. The van der Waals surface area contributed by atoms with Crippen LogP contribution in [0, 0.1) is 0 Å². The van der Waals surface area contributed by atoms with E-state index in [2.05, 4.69) is 31.0 Å². The van der Waals surface area contributed by atoms with Crippen molar-refractivity contribution >= 4 is 0 Å². The predicted octanol–water partition coefficient (Wildman–Crippen LogP) is 2.00. The van der Waals surface area contributed by atoms with Gasteiger partial charge in [0.2, 0.25) is 0 Å². The highest BCUT2D eigenvalue weighted by Gasteiger charge is 2.33. The Bertz CT molecular complexity index is 187. The molecule has 1 aliphatic carbocycles. The second kappa shape index (κ2) is 4.19. The molecule has 0 radical (unpaired) electrons. The maximum Gasteiger partial charge on any atom is 0.0223 e. The molecule has 1 saturated heterocycles. The molecule has 0 aromatic rings. The Morgan fingerprint density at radius 3 is 2.50 bits per heavy atom. The summed E-state index contributed by atoms with van der Waals surface area (Å²) in [4.78, 5) is 2.64. The molecule has 14 heavy (non-hydrogen) atoms. The minimum atomic E-state index is 0.703. The zero-order chi connectivity index (χ0) is 10.1. The Labute approximate surface area is 88.1 Å². The highest BCUT2D eigenvalue weighted by molar-refractivity contribution is 4.93. The summed E-state index contributed by atoms with van der Waals surface area (Å²) in [7, 11) is 0. The molecular formula is C12H24N2. The summed E-state index contributed by atoms with van der Waals surface area (Å²) < 4.78 is 0. The van der Waals surface area contributed by atoms with E-state index in [1.54, 1.807) is 0 Å². The zero-order valence-electron chi connectivity index (χ0n) is 9.79. The summed E-state index contributed by atoms with van der Waals surface area (Å²) in [5, 5.41) is 3.79. The van der Waals surface area contributed by atoms with E-state index in [0.717, 1.165) is 18.1 Å². The molecule has 1 N–H and O–H groups in total. The van der Waals surface area contributed by atoms with Gasteiger partial charge in [0.15, 0.2) is 0 Å². The molecule has 0 aromatic heterocycles. The third-order valence-corrected chi connectivity index (χ3v) is 3.73. The van der Waals surface area contributed by atoms with Crippen LogP contribution in [0.1, 0.15) is 46.5 Å². The Balaban J connectivity index is 1.89. The van der Waals surface area contributed by atoms with Crippen molar-refractivity contribution in [3.8, 4) is 0 Å². The minimum Gasteiger partial charge on any atom is -0.310 e. The number of nitrogens with zero attached hydrogens (tertiary/aromatic N) is 1. The molecule has 1 aliphatic heterocycles. The number of hydrogen-bond donors (Lipinski definition) is 1. The monoisotopic (exact) mass is 196 g/mol. The smallest absolute Gasteiger partial charge is 0.0223 e. The van der Waals surface area contributed by atoms with Crippen molar-refractivity contribution < 1.29 is 0 Å². The van der Waals surface area contributed by atoms with E-state index in [9.17, 15) is 0 Å². The van der Waals surface area contributed by atoms with Crippen LogP contribution in [-0.2, 0) is 0 Å². The highest BCUT2D eigenvalue weighted by atomic mass is 15.2. The molecule has 0 amide bonds. The molecule has 1 saturated carbocycles. The molecule has 2 rings (SSSR count). The van der Waals surface area contributed by atoms with Crippen LogP contribution in [0.25, 0.3) is 0 Å². The third kappa shape index (κ3) is 2.29. The van der Waals surface area contributed by atoms with Gasteiger partial charge in [-0.1, -0.05) is 0 Å². The van der Waals surface area contributed by atoms with E-state index in [0.29, 0.717) is 6.04 Å². The van der Waals surface area contributed by atoms with Crippen molar-refractivity contribution in [3.05, 3.63) is 0 Å². The summed E-state index contributed by atoms with van der Waals surface area (Å²) in [5.41, 5.74) is 0. The van der Waals surface area contributed by atoms with Crippen molar-refractivity contribution in [2.24, 2.45) is 0 Å².